The van der Waals surface area contributed by atoms with Crippen LogP contribution in [0.4, 0.5) is 20.6 Å². The molecule has 1 heterocycles. The molecule has 0 atom stereocenters. The van der Waals surface area contributed by atoms with Crippen LogP contribution in [0.1, 0.15) is 12.8 Å². The number of carbonyl (C=O) groups is 3. The normalized spacial score (nSPS) is 14.2. The Kier molecular flexibility index (Phi) is 4.36. The molecule has 0 unspecified atom stereocenters. The number of benzene rings is 1. The molecule has 112 valence electrons. The molecule has 0 spiro atoms. The Morgan fingerprint density at radius 1 is 1.43 bits per heavy atom. The van der Waals surface area contributed by atoms with E-state index in [4.69, 9.17) is 5.73 Å². The summed E-state index contributed by atoms with van der Waals surface area (Å²) in [5.41, 5.74) is 5.86. The lowest BCUT2D eigenvalue weighted by Gasteiger charge is -2.12. The zero-order chi connectivity index (χ0) is 15.4. The van der Waals surface area contributed by atoms with Gasteiger partial charge in [-0.1, -0.05) is 0 Å². The van der Waals surface area contributed by atoms with Crippen LogP contribution >= 0.6 is 0 Å². The van der Waals surface area contributed by atoms with Crippen LogP contribution in [0.15, 0.2) is 18.2 Å². The number of amides is 4. The SMILES string of the molecule is Nc1ccc(F)c(NC(=O)CCCN2C(=O)CNC2=O)c1. The van der Waals surface area contributed by atoms with E-state index < -0.39 is 17.8 Å². The molecule has 4 amide bonds. The molecule has 0 bridgehead atoms. The number of anilines is 2. The van der Waals surface area contributed by atoms with Crippen molar-refractivity contribution in [3.63, 3.8) is 0 Å². The Bertz CT molecular complexity index is 575. The van der Waals surface area contributed by atoms with E-state index in [1.54, 1.807) is 0 Å². The molecule has 1 aliphatic rings. The van der Waals surface area contributed by atoms with Crippen LogP contribution in [0, 0.1) is 5.82 Å². The van der Waals surface area contributed by atoms with Crippen LogP contribution in [0.25, 0.3) is 0 Å². The first-order valence-corrected chi connectivity index (χ1v) is 6.40. The molecule has 2 rings (SSSR count). The van der Waals surface area contributed by atoms with Crippen molar-refractivity contribution in [2.24, 2.45) is 0 Å². The number of nitrogens with one attached hydrogen (secondary N) is 2. The third-order valence-corrected chi connectivity index (χ3v) is 2.99. The average molecular weight is 294 g/mol. The van der Waals surface area contributed by atoms with Crippen LogP contribution in [0.3, 0.4) is 0 Å². The second-order valence-electron chi connectivity index (χ2n) is 4.60. The molecule has 1 aromatic carbocycles. The van der Waals surface area contributed by atoms with E-state index in [1.165, 1.54) is 12.1 Å². The predicted octanol–water partition coefficient (Wildman–Crippen LogP) is 0.678. The monoisotopic (exact) mass is 294 g/mol. The zero-order valence-electron chi connectivity index (χ0n) is 11.2. The minimum atomic E-state index is -0.577. The van der Waals surface area contributed by atoms with Gasteiger partial charge in [0.15, 0.2) is 0 Å². The van der Waals surface area contributed by atoms with E-state index in [2.05, 4.69) is 10.6 Å². The summed E-state index contributed by atoms with van der Waals surface area (Å²) < 4.78 is 13.4. The minimum absolute atomic E-state index is 0.00925. The molecule has 0 saturated carbocycles. The highest BCUT2D eigenvalue weighted by atomic mass is 19.1. The smallest absolute Gasteiger partial charge is 0.324 e. The van der Waals surface area contributed by atoms with Crippen molar-refractivity contribution in [3.05, 3.63) is 24.0 Å². The lowest BCUT2D eigenvalue weighted by molar-refractivity contribution is -0.125. The van der Waals surface area contributed by atoms with E-state index in [0.717, 1.165) is 11.0 Å². The van der Waals surface area contributed by atoms with Crippen LogP contribution < -0.4 is 16.4 Å². The Labute approximate surface area is 120 Å². The fraction of sp³-hybridized carbons (Fsp3) is 0.308. The van der Waals surface area contributed by atoms with Crippen molar-refractivity contribution >= 4 is 29.2 Å². The molecule has 1 aromatic rings. The van der Waals surface area contributed by atoms with Crippen molar-refractivity contribution in [1.29, 1.82) is 0 Å². The topological polar surface area (TPSA) is 105 Å². The lowest BCUT2D eigenvalue weighted by atomic mass is 10.2. The van der Waals surface area contributed by atoms with Crippen molar-refractivity contribution in [2.75, 3.05) is 24.1 Å². The highest BCUT2D eigenvalue weighted by molar-refractivity contribution is 6.02. The summed E-state index contributed by atoms with van der Waals surface area (Å²) in [6.07, 6.45) is 0.361. The highest BCUT2D eigenvalue weighted by Gasteiger charge is 2.27. The van der Waals surface area contributed by atoms with Gasteiger partial charge in [0.05, 0.1) is 12.2 Å². The fourth-order valence-corrected chi connectivity index (χ4v) is 1.93. The van der Waals surface area contributed by atoms with Gasteiger partial charge in [0.2, 0.25) is 11.8 Å². The average Bonchev–Trinajstić information content (AvgIpc) is 2.74. The van der Waals surface area contributed by atoms with E-state index in [9.17, 15) is 18.8 Å². The number of urea groups is 1. The van der Waals surface area contributed by atoms with Crippen LogP contribution in [-0.4, -0.2) is 35.8 Å². The quantitative estimate of drug-likeness (QED) is 0.548. The Morgan fingerprint density at radius 3 is 2.86 bits per heavy atom. The van der Waals surface area contributed by atoms with Gasteiger partial charge in [-0.15, -0.1) is 0 Å². The van der Waals surface area contributed by atoms with E-state index >= 15 is 0 Å². The van der Waals surface area contributed by atoms with Gasteiger partial charge >= 0.3 is 6.03 Å². The van der Waals surface area contributed by atoms with Crippen LogP contribution in [-0.2, 0) is 9.59 Å². The maximum atomic E-state index is 13.4. The number of carbonyl (C=O) groups excluding carboxylic acids is 3. The highest BCUT2D eigenvalue weighted by Crippen LogP contribution is 2.17. The predicted molar refractivity (Wildman–Crippen MR) is 73.8 cm³/mol. The molecule has 8 heteroatoms. The Hall–Kier alpha value is -2.64. The van der Waals surface area contributed by atoms with Gasteiger partial charge in [0.25, 0.3) is 0 Å². The first-order chi connectivity index (χ1) is 9.97. The van der Waals surface area contributed by atoms with Crippen molar-refractivity contribution < 1.29 is 18.8 Å². The summed E-state index contributed by atoms with van der Waals surface area (Å²) in [5.74, 6) is -1.31. The lowest BCUT2D eigenvalue weighted by Crippen LogP contribution is -2.32. The number of nitrogen functional groups attached to an aromatic ring is 1. The first-order valence-electron chi connectivity index (χ1n) is 6.40. The second kappa shape index (κ2) is 6.21. The van der Waals surface area contributed by atoms with Gasteiger partial charge in [0, 0.05) is 18.7 Å². The second-order valence-corrected chi connectivity index (χ2v) is 4.60. The first kappa shape index (κ1) is 14.8. The van der Waals surface area contributed by atoms with E-state index in [0.29, 0.717) is 12.1 Å². The van der Waals surface area contributed by atoms with E-state index in [-0.39, 0.29) is 31.1 Å². The third kappa shape index (κ3) is 3.68. The number of hydrogen-bond donors (Lipinski definition) is 3. The van der Waals surface area contributed by atoms with Crippen LogP contribution in [0.2, 0.25) is 0 Å². The summed E-state index contributed by atoms with van der Waals surface area (Å²) in [6, 6.07) is 3.42. The zero-order valence-corrected chi connectivity index (χ0v) is 11.2. The molecule has 1 aliphatic heterocycles. The Balaban J connectivity index is 1.81. The number of hydrogen-bond acceptors (Lipinski definition) is 4. The standard InChI is InChI=1S/C13H15FN4O3/c14-9-4-3-8(15)6-10(9)17-11(19)2-1-5-18-12(20)7-16-13(18)21/h3-4,6H,1-2,5,7,15H2,(H,16,21)(H,17,19). The molecule has 21 heavy (non-hydrogen) atoms. The maximum absolute atomic E-state index is 13.4. The third-order valence-electron chi connectivity index (χ3n) is 2.99. The number of nitrogens with zero attached hydrogens (tertiary/aromatic N) is 1. The molecule has 1 saturated heterocycles. The fourth-order valence-electron chi connectivity index (χ4n) is 1.93. The van der Waals surface area contributed by atoms with Gasteiger partial charge < -0.3 is 16.4 Å². The van der Waals surface area contributed by atoms with Gasteiger partial charge in [0.1, 0.15) is 5.82 Å². The van der Waals surface area contributed by atoms with E-state index in [1.807, 2.05) is 0 Å². The van der Waals surface area contributed by atoms with Gasteiger partial charge in [-0.05, 0) is 24.6 Å². The molecular formula is C13H15FN4O3. The number of nitrogens with two attached hydrogens (primary N) is 1. The molecule has 4 N–H and O–H groups in total. The number of halogens is 1. The van der Waals surface area contributed by atoms with Crippen molar-refractivity contribution in [3.8, 4) is 0 Å². The number of imide groups is 1. The molecule has 1 fully saturated rings. The van der Waals surface area contributed by atoms with Crippen molar-refractivity contribution in [1.82, 2.24) is 10.2 Å². The molecular weight excluding hydrogens is 279 g/mol. The Morgan fingerprint density at radius 2 is 2.19 bits per heavy atom. The summed E-state index contributed by atoms with van der Waals surface area (Å²) >= 11 is 0. The summed E-state index contributed by atoms with van der Waals surface area (Å²) in [6.45, 7) is 0.136. The molecule has 0 radical (unpaired) electrons. The summed E-state index contributed by atoms with van der Waals surface area (Å²) in [5, 5.41) is 4.79. The largest absolute Gasteiger partial charge is 0.399 e. The van der Waals surface area contributed by atoms with Crippen LogP contribution in [0.5, 0.6) is 0 Å². The molecule has 0 aromatic heterocycles. The molecule has 0 aliphatic carbocycles. The van der Waals surface area contributed by atoms with Crippen molar-refractivity contribution in [2.45, 2.75) is 12.8 Å². The number of rotatable bonds is 5. The maximum Gasteiger partial charge on any atom is 0.324 e. The summed E-state index contributed by atoms with van der Waals surface area (Å²) in [7, 11) is 0. The van der Waals surface area contributed by atoms with Gasteiger partial charge in [-0.3, -0.25) is 14.5 Å². The minimum Gasteiger partial charge on any atom is -0.399 e. The summed E-state index contributed by atoms with van der Waals surface area (Å²) in [4.78, 5) is 35.3. The van der Waals surface area contributed by atoms with Gasteiger partial charge in [-0.25, -0.2) is 9.18 Å². The molecule has 7 nitrogen and oxygen atoms in total. The van der Waals surface area contributed by atoms with Gasteiger partial charge in [-0.2, -0.15) is 0 Å².